The van der Waals surface area contributed by atoms with Gasteiger partial charge in [-0.25, -0.2) is 9.59 Å². The SMILES string of the molecule is CCOC(=O)C1=CC(OCCN)=CC(C(=O)OCC)N1. The summed E-state index contributed by atoms with van der Waals surface area (Å²) in [5.74, 6) is -0.657. The Morgan fingerprint density at radius 1 is 1.30 bits per heavy atom. The van der Waals surface area contributed by atoms with Crippen LogP contribution in [0.15, 0.2) is 23.6 Å². The molecule has 0 amide bonds. The predicted octanol–water partition coefficient (Wildman–Crippen LogP) is -0.172. The standard InChI is InChI=1S/C13H20N2O5/c1-3-18-12(16)10-7-9(20-6-5-14)8-11(15-10)13(17)19-4-2/h7-8,10,15H,3-6,14H2,1-2H3. The van der Waals surface area contributed by atoms with Gasteiger partial charge < -0.3 is 25.3 Å². The van der Waals surface area contributed by atoms with Gasteiger partial charge in [-0.2, -0.15) is 0 Å². The molecule has 1 rings (SSSR count). The van der Waals surface area contributed by atoms with Crippen molar-refractivity contribution in [1.29, 1.82) is 0 Å². The van der Waals surface area contributed by atoms with Gasteiger partial charge in [-0.1, -0.05) is 0 Å². The van der Waals surface area contributed by atoms with E-state index in [0.29, 0.717) is 12.3 Å². The van der Waals surface area contributed by atoms with Crippen molar-refractivity contribution in [3.05, 3.63) is 23.6 Å². The second-order valence-corrected chi connectivity index (χ2v) is 3.86. The molecule has 0 bridgehead atoms. The summed E-state index contributed by atoms with van der Waals surface area (Å²) in [6, 6.07) is -0.785. The quantitative estimate of drug-likeness (QED) is 0.626. The Morgan fingerprint density at radius 2 is 2.00 bits per heavy atom. The molecule has 1 atom stereocenters. The van der Waals surface area contributed by atoms with Crippen LogP contribution in [-0.4, -0.2) is 44.3 Å². The van der Waals surface area contributed by atoms with E-state index in [1.54, 1.807) is 13.8 Å². The molecule has 3 N–H and O–H groups in total. The molecular formula is C13H20N2O5. The van der Waals surface area contributed by atoms with E-state index in [0.717, 1.165) is 0 Å². The molecule has 0 radical (unpaired) electrons. The van der Waals surface area contributed by atoms with Crippen LogP contribution in [0.5, 0.6) is 0 Å². The van der Waals surface area contributed by atoms with E-state index in [2.05, 4.69) is 5.32 Å². The number of esters is 2. The molecule has 0 saturated heterocycles. The Balaban J connectivity index is 2.85. The van der Waals surface area contributed by atoms with E-state index in [9.17, 15) is 9.59 Å². The van der Waals surface area contributed by atoms with Crippen LogP contribution in [0.2, 0.25) is 0 Å². The lowest BCUT2D eigenvalue weighted by atomic mass is 10.1. The zero-order valence-corrected chi connectivity index (χ0v) is 11.7. The van der Waals surface area contributed by atoms with E-state index in [1.165, 1.54) is 12.2 Å². The van der Waals surface area contributed by atoms with E-state index in [1.807, 2.05) is 0 Å². The molecule has 112 valence electrons. The molecule has 0 aliphatic carbocycles. The highest BCUT2D eigenvalue weighted by Gasteiger charge is 2.26. The largest absolute Gasteiger partial charge is 0.492 e. The third-order valence-electron chi connectivity index (χ3n) is 2.35. The van der Waals surface area contributed by atoms with Gasteiger partial charge >= 0.3 is 11.9 Å². The lowest BCUT2D eigenvalue weighted by Crippen LogP contribution is -2.41. The third kappa shape index (κ3) is 4.58. The van der Waals surface area contributed by atoms with Gasteiger partial charge in [0, 0.05) is 12.6 Å². The number of carbonyl (C=O) groups is 2. The summed E-state index contributed by atoms with van der Waals surface area (Å²) in [6.45, 7) is 4.52. The number of rotatable bonds is 7. The maximum absolute atomic E-state index is 11.8. The molecule has 0 saturated carbocycles. The van der Waals surface area contributed by atoms with Crippen molar-refractivity contribution in [2.45, 2.75) is 19.9 Å². The number of hydrogen-bond acceptors (Lipinski definition) is 7. The number of nitrogens with two attached hydrogens (primary N) is 1. The molecule has 0 aromatic heterocycles. The van der Waals surface area contributed by atoms with Crippen molar-refractivity contribution in [2.24, 2.45) is 5.73 Å². The number of ether oxygens (including phenoxy) is 3. The van der Waals surface area contributed by atoms with Crippen molar-refractivity contribution in [1.82, 2.24) is 5.32 Å². The van der Waals surface area contributed by atoms with Crippen molar-refractivity contribution in [3.8, 4) is 0 Å². The molecule has 1 heterocycles. The zero-order chi connectivity index (χ0) is 15.0. The Kier molecular flexibility index (Phi) is 6.58. The monoisotopic (exact) mass is 284 g/mol. The van der Waals surface area contributed by atoms with E-state index in [-0.39, 0.29) is 25.5 Å². The van der Waals surface area contributed by atoms with E-state index in [4.69, 9.17) is 19.9 Å². The molecular weight excluding hydrogens is 264 g/mol. The first-order chi connectivity index (χ1) is 9.62. The summed E-state index contributed by atoms with van der Waals surface area (Å²) < 4.78 is 15.2. The normalized spacial score (nSPS) is 17.4. The number of dihydropyridines is 1. The minimum atomic E-state index is -0.785. The lowest BCUT2D eigenvalue weighted by molar-refractivity contribution is -0.144. The average molecular weight is 284 g/mol. The van der Waals surface area contributed by atoms with Crippen LogP contribution in [0.1, 0.15) is 13.8 Å². The predicted molar refractivity (Wildman–Crippen MR) is 71.4 cm³/mol. The summed E-state index contributed by atoms with van der Waals surface area (Å²) in [5, 5.41) is 2.75. The smallest absolute Gasteiger partial charge is 0.354 e. The second kappa shape index (κ2) is 8.21. The first-order valence-corrected chi connectivity index (χ1v) is 6.49. The highest BCUT2D eigenvalue weighted by Crippen LogP contribution is 2.14. The van der Waals surface area contributed by atoms with Crippen LogP contribution >= 0.6 is 0 Å². The second-order valence-electron chi connectivity index (χ2n) is 3.86. The highest BCUT2D eigenvalue weighted by atomic mass is 16.5. The number of hydrogen-bond donors (Lipinski definition) is 2. The minimum Gasteiger partial charge on any atom is -0.492 e. The molecule has 0 aromatic rings. The van der Waals surface area contributed by atoms with Crippen LogP contribution in [0.25, 0.3) is 0 Å². The fourth-order valence-corrected chi connectivity index (χ4v) is 1.56. The van der Waals surface area contributed by atoms with Gasteiger partial charge in [0.05, 0.1) is 13.2 Å². The number of carbonyl (C=O) groups excluding carboxylic acids is 2. The molecule has 0 spiro atoms. The zero-order valence-electron chi connectivity index (χ0n) is 11.7. The van der Waals surface area contributed by atoms with Crippen LogP contribution in [0.4, 0.5) is 0 Å². The van der Waals surface area contributed by atoms with Gasteiger partial charge in [-0.15, -0.1) is 0 Å². The van der Waals surface area contributed by atoms with Crippen LogP contribution in [-0.2, 0) is 23.8 Å². The summed E-state index contributed by atoms with van der Waals surface area (Å²) in [7, 11) is 0. The Hall–Kier alpha value is -2.02. The summed E-state index contributed by atoms with van der Waals surface area (Å²) in [4.78, 5) is 23.5. The van der Waals surface area contributed by atoms with Crippen molar-refractivity contribution < 1.29 is 23.8 Å². The fourth-order valence-electron chi connectivity index (χ4n) is 1.56. The maximum atomic E-state index is 11.8. The number of nitrogens with one attached hydrogen (secondary N) is 1. The first kappa shape index (κ1) is 16.0. The van der Waals surface area contributed by atoms with Crippen LogP contribution < -0.4 is 11.1 Å². The molecule has 7 nitrogen and oxygen atoms in total. The molecule has 0 aromatic carbocycles. The summed E-state index contributed by atoms with van der Waals surface area (Å²) >= 11 is 0. The molecule has 0 fully saturated rings. The average Bonchev–Trinajstić information content (AvgIpc) is 2.45. The van der Waals surface area contributed by atoms with Crippen molar-refractivity contribution in [3.63, 3.8) is 0 Å². The summed E-state index contributed by atoms with van der Waals surface area (Å²) in [6.07, 6.45) is 3.01. The maximum Gasteiger partial charge on any atom is 0.354 e. The fraction of sp³-hybridized carbons (Fsp3) is 0.538. The third-order valence-corrected chi connectivity index (χ3v) is 2.35. The first-order valence-electron chi connectivity index (χ1n) is 6.49. The summed E-state index contributed by atoms with van der Waals surface area (Å²) in [5.41, 5.74) is 5.51. The molecule has 20 heavy (non-hydrogen) atoms. The van der Waals surface area contributed by atoms with Crippen LogP contribution in [0.3, 0.4) is 0 Å². The van der Waals surface area contributed by atoms with Gasteiger partial charge in [0.1, 0.15) is 24.1 Å². The molecule has 1 aliphatic heterocycles. The van der Waals surface area contributed by atoms with E-state index < -0.39 is 18.0 Å². The highest BCUT2D eigenvalue weighted by molar-refractivity contribution is 5.91. The Labute approximate surface area is 117 Å². The molecule has 1 unspecified atom stereocenters. The van der Waals surface area contributed by atoms with Gasteiger partial charge in [-0.05, 0) is 19.9 Å². The van der Waals surface area contributed by atoms with E-state index >= 15 is 0 Å². The van der Waals surface area contributed by atoms with Gasteiger partial charge in [0.15, 0.2) is 0 Å². The molecule has 1 aliphatic rings. The Bertz CT molecular complexity index is 417. The lowest BCUT2D eigenvalue weighted by Gasteiger charge is -2.22. The van der Waals surface area contributed by atoms with Crippen LogP contribution in [0, 0.1) is 0 Å². The van der Waals surface area contributed by atoms with Gasteiger partial charge in [0.25, 0.3) is 0 Å². The van der Waals surface area contributed by atoms with Gasteiger partial charge in [-0.3, -0.25) is 0 Å². The number of allylic oxidation sites excluding steroid dienone is 1. The topological polar surface area (TPSA) is 99.9 Å². The Morgan fingerprint density at radius 3 is 2.60 bits per heavy atom. The van der Waals surface area contributed by atoms with Crippen molar-refractivity contribution in [2.75, 3.05) is 26.4 Å². The van der Waals surface area contributed by atoms with Gasteiger partial charge in [0.2, 0.25) is 0 Å². The van der Waals surface area contributed by atoms with Crippen molar-refractivity contribution >= 4 is 11.9 Å². The molecule has 7 heteroatoms. The minimum absolute atomic E-state index is 0.152.